The van der Waals surface area contributed by atoms with Crippen LogP contribution in [0.25, 0.3) is 0 Å². The van der Waals surface area contributed by atoms with Gasteiger partial charge >= 0.3 is 12.2 Å². The standard InChI is InChI=1S/C19H23F3N4O3/c1-11-4-5-12(16(27)24-13-6-7-13)9-14(11)25-18(29)26-8-2-3-15(26)17(28)23-10-19(20,21)22/h4-5,9,13,15H,2-3,6-8,10H2,1H3,(H,23,28)(H,24,27)(H,25,29). The monoisotopic (exact) mass is 412 g/mol. The lowest BCUT2D eigenvalue weighted by Gasteiger charge is -2.25. The van der Waals surface area contributed by atoms with Crippen LogP contribution in [0.5, 0.6) is 0 Å². The molecule has 3 N–H and O–H groups in total. The Morgan fingerprint density at radius 3 is 2.55 bits per heavy atom. The number of anilines is 1. The first-order chi connectivity index (χ1) is 13.6. The molecule has 0 aromatic heterocycles. The lowest BCUT2D eigenvalue weighted by Crippen LogP contribution is -2.49. The molecule has 7 nitrogen and oxygen atoms in total. The molecular formula is C19H23F3N4O3. The molecule has 158 valence electrons. The van der Waals surface area contributed by atoms with E-state index in [1.165, 1.54) is 4.90 Å². The van der Waals surface area contributed by atoms with Crippen molar-refractivity contribution in [2.24, 2.45) is 0 Å². The summed E-state index contributed by atoms with van der Waals surface area (Å²) in [5.74, 6) is -1.06. The molecule has 1 aromatic carbocycles. The number of halogens is 3. The van der Waals surface area contributed by atoms with Crippen molar-refractivity contribution >= 4 is 23.5 Å². The van der Waals surface area contributed by atoms with Crippen LogP contribution in [-0.4, -0.2) is 54.1 Å². The summed E-state index contributed by atoms with van der Waals surface area (Å²) in [6, 6.07) is 3.57. The average Bonchev–Trinajstić information content (AvgIpc) is 3.31. The second-order valence-corrected chi connectivity index (χ2v) is 7.39. The maximum Gasteiger partial charge on any atom is 0.405 e. The Morgan fingerprint density at radius 2 is 1.90 bits per heavy atom. The Hall–Kier alpha value is -2.78. The Balaban J connectivity index is 1.65. The molecule has 3 rings (SSSR count). The fourth-order valence-electron chi connectivity index (χ4n) is 3.17. The highest BCUT2D eigenvalue weighted by Gasteiger charge is 2.36. The zero-order valence-corrected chi connectivity index (χ0v) is 15.9. The number of alkyl halides is 3. The Bertz CT molecular complexity index is 808. The second-order valence-electron chi connectivity index (χ2n) is 7.39. The van der Waals surface area contributed by atoms with Gasteiger partial charge in [0, 0.05) is 23.8 Å². The van der Waals surface area contributed by atoms with Gasteiger partial charge in [-0.15, -0.1) is 0 Å². The topological polar surface area (TPSA) is 90.5 Å². The lowest BCUT2D eigenvalue weighted by atomic mass is 10.1. The fraction of sp³-hybridized carbons (Fsp3) is 0.526. The van der Waals surface area contributed by atoms with Gasteiger partial charge in [-0.05, 0) is 50.3 Å². The minimum atomic E-state index is -4.51. The molecule has 1 unspecified atom stereocenters. The van der Waals surface area contributed by atoms with Crippen molar-refractivity contribution < 1.29 is 27.6 Å². The van der Waals surface area contributed by atoms with Gasteiger partial charge in [-0.25, -0.2) is 4.79 Å². The zero-order chi connectivity index (χ0) is 21.2. The summed E-state index contributed by atoms with van der Waals surface area (Å²) < 4.78 is 37.0. The molecule has 0 spiro atoms. The molecule has 10 heteroatoms. The predicted octanol–water partition coefficient (Wildman–Crippen LogP) is 2.56. The van der Waals surface area contributed by atoms with E-state index in [1.54, 1.807) is 25.1 Å². The molecule has 1 aliphatic carbocycles. The van der Waals surface area contributed by atoms with E-state index in [1.807, 2.05) is 5.32 Å². The summed E-state index contributed by atoms with van der Waals surface area (Å²) in [6.07, 6.45) is -1.80. The van der Waals surface area contributed by atoms with E-state index in [4.69, 9.17) is 0 Å². The minimum absolute atomic E-state index is 0.197. The number of likely N-dealkylation sites (tertiary alicyclic amines) is 1. The highest BCUT2D eigenvalue weighted by molar-refractivity contribution is 5.98. The molecule has 0 bridgehead atoms. The SMILES string of the molecule is Cc1ccc(C(=O)NC2CC2)cc1NC(=O)N1CCCC1C(=O)NCC(F)(F)F. The molecule has 29 heavy (non-hydrogen) atoms. The molecule has 1 saturated carbocycles. The van der Waals surface area contributed by atoms with Gasteiger partial charge in [0.2, 0.25) is 5.91 Å². The maximum atomic E-state index is 12.7. The van der Waals surface area contributed by atoms with Crippen LogP contribution >= 0.6 is 0 Å². The van der Waals surface area contributed by atoms with Crippen molar-refractivity contribution in [3.05, 3.63) is 29.3 Å². The second kappa shape index (κ2) is 8.30. The van der Waals surface area contributed by atoms with E-state index in [2.05, 4.69) is 10.6 Å². The van der Waals surface area contributed by atoms with Crippen LogP contribution in [0, 0.1) is 6.92 Å². The Morgan fingerprint density at radius 1 is 1.17 bits per heavy atom. The number of rotatable bonds is 5. The van der Waals surface area contributed by atoms with Crippen LogP contribution in [0.1, 0.15) is 41.6 Å². The first kappa shape index (κ1) is 20.9. The van der Waals surface area contributed by atoms with E-state index in [0.29, 0.717) is 24.1 Å². The van der Waals surface area contributed by atoms with Crippen LogP contribution in [0.2, 0.25) is 0 Å². The molecule has 1 atom stereocenters. The Labute approximate surface area is 166 Å². The van der Waals surface area contributed by atoms with Gasteiger partial charge in [0.05, 0.1) is 0 Å². The third kappa shape index (κ3) is 5.61. The predicted molar refractivity (Wildman–Crippen MR) is 99.5 cm³/mol. The number of amides is 4. The number of hydrogen-bond acceptors (Lipinski definition) is 3. The van der Waals surface area contributed by atoms with E-state index in [0.717, 1.165) is 18.4 Å². The lowest BCUT2D eigenvalue weighted by molar-refractivity contribution is -0.140. The maximum absolute atomic E-state index is 12.7. The van der Waals surface area contributed by atoms with Crippen LogP contribution < -0.4 is 16.0 Å². The van der Waals surface area contributed by atoms with Crippen LogP contribution in [0.15, 0.2) is 18.2 Å². The zero-order valence-electron chi connectivity index (χ0n) is 15.9. The van der Waals surface area contributed by atoms with Crippen molar-refractivity contribution in [1.29, 1.82) is 0 Å². The van der Waals surface area contributed by atoms with Gasteiger partial charge in [-0.3, -0.25) is 9.59 Å². The van der Waals surface area contributed by atoms with Crippen molar-refractivity contribution in [3.8, 4) is 0 Å². The Kier molecular flexibility index (Phi) is 5.99. The molecule has 2 aliphatic rings. The molecule has 1 aliphatic heterocycles. The number of nitrogens with zero attached hydrogens (tertiary/aromatic N) is 1. The smallest absolute Gasteiger partial charge is 0.349 e. The van der Waals surface area contributed by atoms with Gasteiger partial charge in [0.25, 0.3) is 5.91 Å². The number of benzene rings is 1. The fourth-order valence-corrected chi connectivity index (χ4v) is 3.17. The van der Waals surface area contributed by atoms with Gasteiger partial charge < -0.3 is 20.9 Å². The number of nitrogens with one attached hydrogen (secondary N) is 3. The summed E-state index contributed by atoms with van der Waals surface area (Å²) in [5, 5.41) is 7.38. The van der Waals surface area contributed by atoms with Crippen LogP contribution in [0.4, 0.5) is 23.7 Å². The highest BCUT2D eigenvalue weighted by Crippen LogP contribution is 2.24. The summed E-state index contributed by atoms with van der Waals surface area (Å²) in [5.41, 5.74) is 1.54. The van der Waals surface area contributed by atoms with Crippen molar-refractivity contribution in [2.75, 3.05) is 18.4 Å². The van der Waals surface area contributed by atoms with Gasteiger partial charge in [-0.1, -0.05) is 6.07 Å². The number of hydrogen-bond donors (Lipinski definition) is 3. The summed E-state index contributed by atoms with van der Waals surface area (Å²) >= 11 is 0. The number of carbonyl (C=O) groups excluding carboxylic acids is 3. The van der Waals surface area contributed by atoms with Crippen LogP contribution in [-0.2, 0) is 4.79 Å². The first-order valence-electron chi connectivity index (χ1n) is 9.47. The van der Waals surface area contributed by atoms with E-state index < -0.39 is 30.7 Å². The summed E-state index contributed by atoms with van der Waals surface area (Å²) in [6.45, 7) is 0.585. The molecule has 1 saturated heterocycles. The summed E-state index contributed by atoms with van der Waals surface area (Å²) in [7, 11) is 0. The number of aryl methyl sites for hydroxylation is 1. The third-order valence-electron chi connectivity index (χ3n) is 4.93. The van der Waals surface area contributed by atoms with Crippen molar-refractivity contribution in [2.45, 2.75) is 50.9 Å². The largest absolute Gasteiger partial charge is 0.405 e. The van der Waals surface area contributed by atoms with Gasteiger partial charge in [0.1, 0.15) is 12.6 Å². The van der Waals surface area contributed by atoms with Crippen LogP contribution in [0.3, 0.4) is 0 Å². The first-order valence-corrected chi connectivity index (χ1v) is 9.47. The molecule has 4 amide bonds. The number of carbonyl (C=O) groups is 3. The molecule has 1 aromatic rings. The van der Waals surface area contributed by atoms with E-state index in [-0.39, 0.29) is 18.5 Å². The van der Waals surface area contributed by atoms with E-state index in [9.17, 15) is 27.6 Å². The molecule has 2 fully saturated rings. The highest BCUT2D eigenvalue weighted by atomic mass is 19.4. The van der Waals surface area contributed by atoms with E-state index >= 15 is 0 Å². The van der Waals surface area contributed by atoms with Gasteiger partial charge in [0.15, 0.2) is 0 Å². The summed E-state index contributed by atoms with van der Waals surface area (Å²) in [4.78, 5) is 38.2. The molecule has 0 radical (unpaired) electrons. The van der Waals surface area contributed by atoms with Crippen molar-refractivity contribution in [1.82, 2.24) is 15.5 Å². The normalized spacial score (nSPS) is 19.0. The average molecular weight is 412 g/mol. The molecule has 1 heterocycles. The van der Waals surface area contributed by atoms with Gasteiger partial charge in [-0.2, -0.15) is 13.2 Å². The minimum Gasteiger partial charge on any atom is -0.349 e. The quantitative estimate of drug-likeness (QED) is 0.694. The third-order valence-corrected chi connectivity index (χ3v) is 4.93. The number of urea groups is 1. The molecular weight excluding hydrogens is 389 g/mol. The van der Waals surface area contributed by atoms with Crippen molar-refractivity contribution in [3.63, 3.8) is 0 Å².